The predicted molar refractivity (Wildman–Crippen MR) is 148 cm³/mol. The highest BCUT2D eigenvalue weighted by molar-refractivity contribution is 5.85. The van der Waals surface area contributed by atoms with Gasteiger partial charge in [0.15, 0.2) is 0 Å². The van der Waals surface area contributed by atoms with Gasteiger partial charge in [-0.1, -0.05) is 17.3 Å². The van der Waals surface area contributed by atoms with Crippen LogP contribution in [-0.4, -0.2) is 45.9 Å². The Hall–Kier alpha value is -3.27. The van der Waals surface area contributed by atoms with Crippen molar-refractivity contribution in [2.24, 2.45) is 0 Å². The number of nitrogens with zero attached hydrogens (tertiary/aromatic N) is 4. The lowest BCUT2D eigenvalue weighted by Gasteiger charge is -2.37. The van der Waals surface area contributed by atoms with Crippen molar-refractivity contribution in [3.8, 4) is 22.8 Å². The Bertz CT molecular complexity index is 1370. The highest BCUT2D eigenvalue weighted by atomic mass is 35.5. The summed E-state index contributed by atoms with van der Waals surface area (Å²) >= 11 is 0. The van der Waals surface area contributed by atoms with E-state index in [0.717, 1.165) is 36.5 Å². The monoisotopic (exact) mass is 578 g/mol. The van der Waals surface area contributed by atoms with Crippen LogP contribution in [0.5, 0.6) is 0 Å². The molecule has 0 N–H and O–H groups in total. The van der Waals surface area contributed by atoms with Crippen LogP contribution in [0, 0.1) is 0 Å². The number of anilines is 1. The van der Waals surface area contributed by atoms with Crippen LogP contribution in [-0.2, 0) is 23.9 Å². The molecular weight excluding hydrogens is 545 g/mol. The van der Waals surface area contributed by atoms with E-state index in [2.05, 4.69) is 10.1 Å². The van der Waals surface area contributed by atoms with Gasteiger partial charge in [-0.05, 0) is 88.8 Å². The summed E-state index contributed by atoms with van der Waals surface area (Å²) in [6.07, 6.45) is -1.47. The third-order valence-electron chi connectivity index (χ3n) is 7.22. The fourth-order valence-corrected chi connectivity index (χ4v) is 5.23. The van der Waals surface area contributed by atoms with Crippen molar-refractivity contribution in [3.05, 3.63) is 53.1 Å². The van der Waals surface area contributed by atoms with E-state index >= 15 is 0 Å². The lowest BCUT2D eigenvalue weighted by Crippen LogP contribution is -2.39. The zero-order chi connectivity index (χ0) is 27.9. The van der Waals surface area contributed by atoms with Crippen LogP contribution in [0.3, 0.4) is 0 Å². The summed E-state index contributed by atoms with van der Waals surface area (Å²) < 4.78 is 53.2. The Kier molecular flexibility index (Phi) is 8.40. The summed E-state index contributed by atoms with van der Waals surface area (Å²) in [5, 5.41) is 4.05. The van der Waals surface area contributed by atoms with Crippen molar-refractivity contribution in [3.63, 3.8) is 0 Å². The van der Waals surface area contributed by atoms with E-state index in [0.29, 0.717) is 37.4 Å². The number of carbonyl (C=O) groups excluding carboxylic acids is 1. The first kappa shape index (κ1) is 29.7. The average Bonchev–Trinajstić information content (AvgIpc) is 3.37. The van der Waals surface area contributed by atoms with Gasteiger partial charge in [-0.15, -0.1) is 12.4 Å². The third kappa shape index (κ3) is 6.37. The molecule has 0 radical (unpaired) electrons. The number of carbonyl (C=O) groups is 1. The van der Waals surface area contributed by atoms with Gasteiger partial charge >= 0.3 is 12.3 Å². The van der Waals surface area contributed by atoms with Gasteiger partial charge in [-0.2, -0.15) is 18.2 Å². The van der Waals surface area contributed by atoms with Crippen molar-refractivity contribution in [1.29, 1.82) is 0 Å². The molecule has 1 fully saturated rings. The lowest BCUT2D eigenvalue weighted by atomic mass is 9.97. The SMILES string of the molecule is CC1CCCCN1c1ccc(-c2nc(-c3ccc4c(c3)CCN(C(=O)OC(C)(C)C)C4)no2)cc1C(F)(F)F.Cl. The number of alkyl halides is 3. The quantitative estimate of drug-likeness (QED) is 0.320. The molecule has 1 atom stereocenters. The number of amides is 1. The molecule has 5 rings (SSSR count). The minimum atomic E-state index is -4.52. The maximum atomic E-state index is 14.1. The zero-order valence-electron chi connectivity index (χ0n) is 23.0. The second-order valence-corrected chi connectivity index (χ2v) is 11.3. The van der Waals surface area contributed by atoms with Gasteiger partial charge in [0.25, 0.3) is 5.89 Å². The predicted octanol–water partition coefficient (Wildman–Crippen LogP) is 7.52. The van der Waals surface area contributed by atoms with Gasteiger partial charge < -0.3 is 19.1 Å². The van der Waals surface area contributed by atoms with E-state index in [1.54, 1.807) is 11.0 Å². The first-order valence-corrected chi connectivity index (χ1v) is 13.3. The number of ether oxygens (including phenoxy) is 1. The van der Waals surface area contributed by atoms with Crippen LogP contribution < -0.4 is 4.90 Å². The molecule has 1 aromatic heterocycles. The van der Waals surface area contributed by atoms with Crippen molar-refractivity contribution in [2.75, 3.05) is 18.0 Å². The first-order valence-electron chi connectivity index (χ1n) is 13.3. The second kappa shape index (κ2) is 11.3. The lowest BCUT2D eigenvalue weighted by molar-refractivity contribution is -0.137. The molecule has 2 aliphatic heterocycles. The third-order valence-corrected chi connectivity index (χ3v) is 7.22. The molecule has 3 aromatic rings. The summed E-state index contributed by atoms with van der Waals surface area (Å²) in [5.74, 6) is 0.326. The van der Waals surface area contributed by atoms with E-state index < -0.39 is 17.3 Å². The number of rotatable bonds is 3. The molecule has 7 nitrogen and oxygen atoms in total. The Morgan fingerprint density at radius 1 is 1.02 bits per heavy atom. The van der Waals surface area contributed by atoms with Crippen LogP contribution in [0.2, 0.25) is 0 Å². The molecule has 0 bridgehead atoms. The molecule has 0 spiro atoms. The van der Waals surface area contributed by atoms with E-state index in [-0.39, 0.29) is 41.7 Å². The fourth-order valence-electron chi connectivity index (χ4n) is 5.23. The summed E-state index contributed by atoms with van der Waals surface area (Å²) in [5.41, 5.74) is 1.90. The van der Waals surface area contributed by atoms with Crippen LogP contribution in [0.25, 0.3) is 22.8 Å². The van der Waals surface area contributed by atoms with E-state index in [4.69, 9.17) is 9.26 Å². The minimum Gasteiger partial charge on any atom is -0.444 e. The molecule has 0 aliphatic carbocycles. The Morgan fingerprint density at radius 2 is 1.77 bits per heavy atom. The summed E-state index contributed by atoms with van der Waals surface area (Å²) in [4.78, 5) is 20.4. The largest absolute Gasteiger partial charge is 0.444 e. The van der Waals surface area contributed by atoms with Gasteiger partial charge in [0, 0.05) is 42.5 Å². The van der Waals surface area contributed by atoms with Gasteiger partial charge in [-0.3, -0.25) is 0 Å². The first-order chi connectivity index (χ1) is 18.4. The van der Waals surface area contributed by atoms with E-state index in [1.807, 2.05) is 50.8 Å². The van der Waals surface area contributed by atoms with Gasteiger partial charge in [0.05, 0.1) is 5.56 Å². The van der Waals surface area contributed by atoms with Crippen molar-refractivity contribution < 1.29 is 27.2 Å². The van der Waals surface area contributed by atoms with E-state index in [1.165, 1.54) is 6.07 Å². The highest BCUT2D eigenvalue weighted by Crippen LogP contribution is 2.41. The minimum absolute atomic E-state index is 0. The topological polar surface area (TPSA) is 71.7 Å². The Labute approximate surface area is 238 Å². The molecule has 0 saturated carbocycles. The van der Waals surface area contributed by atoms with Crippen LogP contribution in [0.1, 0.15) is 63.6 Å². The van der Waals surface area contributed by atoms with Crippen molar-refractivity contribution in [1.82, 2.24) is 15.0 Å². The molecule has 3 heterocycles. The number of hydrogen-bond acceptors (Lipinski definition) is 6. The number of fused-ring (bicyclic) bond motifs is 1. The maximum absolute atomic E-state index is 14.1. The Balaban J connectivity index is 0.00000370. The molecule has 216 valence electrons. The number of aromatic nitrogens is 2. The second-order valence-electron chi connectivity index (χ2n) is 11.3. The molecule has 2 aliphatic rings. The summed E-state index contributed by atoms with van der Waals surface area (Å²) in [7, 11) is 0. The maximum Gasteiger partial charge on any atom is 0.418 e. The number of benzene rings is 2. The summed E-state index contributed by atoms with van der Waals surface area (Å²) in [6.45, 7) is 9.02. The summed E-state index contributed by atoms with van der Waals surface area (Å²) in [6, 6.07) is 9.95. The highest BCUT2D eigenvalue weighted by Gasteiger charge is 2.37. The number of halogens is 4. The van der Waals surface area contributed by atoms with Crippen LogP contribution >= 0.6 is 12.4 Å². The van der Waals surface area contributed by atoms with E-state index in [9.17, 15) is 18.0 Å². The van der Waals surface area contributed by atoms with Crippen molar-refractivity contribution in [2.45, 2.75) is 77.7 Å². The van der Waals surface area contributed by atoms with Gasteiger partial charge in [-0.25, -0.2) is 4.79 Å². The fraction of sp³-hybridized carbons (Fsp3) is 0.483. The van der Waals surface area contributed by atoms with Crippen molar-refractivity contribution >= 4 is 24.2 Å². The van der Waals surface area contributed by atoms with Gasteiger partial charge in [0.2, 0.25) is 5.82 Å². The smallest absolute Gasteiger partial charge is 0.418 e. The number of piperidine rings is 1. The standard InChI is InChI=1S/C29H33F3N4O3.ClH/c1-18-7-5-6-13-36(18)24-11-10-21(16-23(24)29(30,31)32)26-33-25(34-39-26)20-8-9-22-17-35(14-12-19(22)15-20)27(37)38-28(2,3)4;/h8-11,15-16,18H,5-7,12-14,17H2,1-4H3;1H. The van der Waals surface area contributed by atoms with Gasteiger partial charge in [0.1, 0.15) is 5.60 Å². The van der Waals surface area contributed by atoms with Crippen LogP contribution in [0.4, 0.5) is 23.7 Å². The Morgan fingerprint density at radius 3 is 2.48 bits per heavy atom. The molecule has 1 unspecified atom stereocenters. The molecule has 1 saturated heterocycles. The zero-order valence-corrected chi connectivity index (χ0v) is 23.9. The number of hydrogen-bond donors (Lipinski definition) is 0. The molecular formula is C29H34ClF3N4O3. The molecule has 11 heteroatoms. The van der Waals surface area contributed by atoms with Crippen LogP contribution in [0.15, 0.2) is 40.9 Å². The molecule has 40 heavy (non-hydrogen) atoms. The molecule has 2 aromatic carbocycles. The normalized spacial score (nSPS) is 17.7. The molecule has 1 amide bonds. The average molecular weight is 579 g/mol.